The first-order chi connectivity index (χ1) is 8.13. The maximum atomic E-state index is 11.1. The van der Waals surface area contributed by atoms with Crippen molar-refractivity contribution in [2.45, 2.75) is 20.8 Å². The number of aryl methyl sites for hydroxylation is 3. The van der Waals surface area contributed by atoms with E-state index in [4.69, 9.17) is 0 Å². The van der Waals surface area contributed by atoms with Crippen LogP contribution in [-0.2, 0) is 0 Å². The summed E-state index contributed by atoms with van der Waals surface area (Å²) in [7, 11) is 0. The van der Waals surface area contributed by atoms with Gasteiger partial charge in [-0.25, -0.2) is 0 Å². The van der Waals surface area contributed by atoms with Crippen LogP contribution in [0.4, 0.5) is 0 Å². The Morgan fingerprint density at radius 2 is 1.71 bits per heavy atom. The van der Waals surface area contributed by atoms with Crippen LogP contribution in [0.5, 0.6) is 0 Å². The lowest BCUT2D eigenvalue weighted by Gasteiger charge is -2.12. The molecule has 0 aliphatic rings. The molecule has 0 spiro atoms. The smallest absolute Gasteiger partial charge is 0.150 e. The number of rotatable bonds is 2. The third-order valence-electron chi connectivity index (χ3n) is 3.08. The summed E-state index contributed by atoms with van der Waals surface area (Å²) in [4.78, 5) is 11.1. The average Bonchev–Trinajstić information content (AvgIpc) is 2.30. The van der Waals surface area contributed by atoms with Crippen LogP contribution >= 0.6 is 0 Å². The van der Waals surface area contributed by atoms with Crippen molar-refractivity contribution in [3.05, 3.63) is 58.7 Å². The maximum absolute atomic E-state index is 11.1. The highest BCUT2D eigenvalue weighted by Gasteiger charge is 2.09. The first-order valence-electron chi connectivity index (χ1n) is 5.76. The molecule has 2 aromatic rings. The summed E-state index contributed by atoms with van der Waals surface area (Å²) in [6.07, 6.45) is 0.932. The molecule has 0 atom stereocenters. The predicted octanol–water partition coefficient (Wildman–Crippen LogP) is 4.09. The molecule has 0 N–H and O–H groups in total. The van der Waals surface area contributed by atoms with Crippen molar-refractivity contribution >= 4 is 6.29 Å². The molecule has 0 saturated carbocycles. The number of aldehydes is 1. The molecule has 86 valence electrons. The second-order valence-corrected chi connectivity index (χ2v) is 4.48. The van der Waals surface area contributed by atoms with Crippen LogP contribution < -0.4 is 0 Å². The van der Waals surface area contributed by atoms with Crippen LogP contribution in [0.15, 0.2) is 36.4 Å². The van der Waals surface area contributed by atoms with Gasteiger partial charge in [0.15, 0.2) is 6.29 Å². The number of carbonyl (C=O) groups is 1. The Morgan fingerprint density at radius 3 is 2.35 bits per heavy atom. The molecule has 0 bridgehead atoms. The molecule has 0 amide bonds. The normalized spacial score (nSPS) is 10.3. The fourth-order valence-electron chi connectivity index (χ4n) is 2.25. The van der Waals surface area contributed by atoms with E-state index in [1.165, 1.54) is 11.1 Å². The molecule has 0 fully saturated rings. The molecule has 17 heavy (non-hydrogen) atoms. The van der Waals surface area contributed by atoms with Crippen LogP contribution in [0.25, 0.3) is 11.1 Å². The van der Waals surface area contributed by atoms with Gasteiger partial charge in [0.1, 0.15) is 0 Å². The van der Waals surface area contributed by atoms with Crippen molar-refractivity contribution in [1.82, 2.24) is 0 Å². The summed E-state index contributed by atoms with van der Waals surface area (Å²) in [6.45, 7) is 6.21. The quantitative estimate of drug-likeness (QED) is 0.702. The van der Waals surface area contributed by atoms with Gasteiger partial charge in [0.25, 0.3) is 0 Å². The first-order valence-corrected chi connectivity index (χ1v) is 5.76. The van der Waals surface area contributed by atoms with Crippen molar-refractivity contribution in [2.75, 3.05) is 0 Å². The van der Waals surface area contributed by atoms with Gasteiger partial charge in [-0.1, -0.05) is 42.0 Å². The summed E-state index contributed by atoms with van der Waals surface area (Å²) in [5.41, 5.74) is 6.56. The monoisotopic (exact) mass is 224 g/mol. The summed E-state index contributed by atoms with van der Waals surface area (Å²) < 4.78 is 0. The highest BCUT2D eigenvalue weighted by Crippen LogP contribution is 2.29. The zero-order valence-electron chi connectivity index (χ0n) is 10.4. The maximum Gasteiger partial charge on any atom is 0.150 e. The van der Waals surface area contributed by atoms with Gasteiger partial charge in [-0.15, -0.1) is 0 Å². The molecule has 0 unspecified atom stereocenters. The Kier molecular flexibility index (Phi) is 3.10. The minimum absolute atomic E-state index is 0.761. The Bertz CT molecular complexity index is 568. The van der Waals surface area contributed by atoms with Gasteiger partial charge in [0.05, 0.1) is 0 Å². The summed E-state index contributed by atoms with van der Waals surface area (Å²) in [5.74, 6) is 0. The minimum atomic E-state index is 0.761. The van der Waals surface area contributed by atoms with Gasteiger partial charge in [-0.2, -0.15) is 0 Å². The standard InChI is InChI=1S/C16H16O/c1-11-7-8-15(13(3)9-11)16-12(2)5-4-6-14(16)10-17/h4-10H,1-3H3. The van der Waals surface area contributed by atoms with E-state index in [1.54, 1.807) is 0 Å². The third kappa shape index (κ3) is 2.14. The number of hydrogen-bond donors (Lipinski definition) is 0. The number of benzene rings is 2. The van der Waals surface area contributed by atoms with Crippen LogP contribution in [0.1, 0.15) is 27.0 Å². The molecule has 0 heterocycles. The van der Waals surface area contributed by atoms with E-state index in [1.807, 2.05) is 25.1 Å². The SMILES string of the molecule is Cc1ccc(-c2c(C)cccc2C=O)c(C)c1. The molecule has 2 aromatic carbocycles. The van der Waals surface area contributed by atoms with E-state index in [0.29, 0.717) is 0 Å². The van der Waals surface area contributed by atoms with E-state index in [0.717, 1.165) is 28.5 Å². The van der Waals surface area contributed by atoms with Gasteiger partial charge < -0.3 is 0 Å². The van der Waals surface area contributed by atoms with E-state index in [9.17, 15) is 4.79 Å². The lowest BCUT2D eigenvalue weighted by molar-refractivity contribution is 0.112. The van der Waals surface area contributed by atoms with Crippen molar-refractivity contribution in [1.29, 1.82) is 0 Å². The van der Waals surface area contributed by atoms with E-state index < -0.39 is 0 Å². The van der Waals surface area contributed by atoms with Crippen molar-refractivity contribution < 1.29 is 4.79 Å². The Hall–Kier alpha value is -1.89. The Balaban J connectivity index is 2.71. The molecule has 0 aliphatic heterocycles. The van der Waals surface area contributed by atoms with Gasteiger partial charge in [-0.3, -0.25) is 4.79 Å². The fourth-order valence-corrected chi connectivity index (χ4v) is 2.25. The summed E-state index contributed by atoms with van der Waals surface area (Å²) in [6, 6.07) is 12.2. The van der Waals surface area contributed by atoms with Crippen molar-refractivity contribution in [3.63, 3.8) is 0 Å². The molecule has 0 aromatic heterocycles. The highest BCUT2D eigenvalue weighted by atomic mass is 16.1. The van der Waals surface area contributed by atoms with Crippen molar-refractivity contribution in [3.8, 4) is 11.1 Å². The van der Waals surface area contributed by atoms with Gasteiger partial charge in [0.2, 0.25) is 0 Å². The lowest BCUT2D eigenvalue weighted by atomic mass is 9.92. The highest BCUT2D eigenvalue weighted by molar-refractivity contribution is 5.90. The number of carbonyl (C=O) groups excluding carboxylic acids is 1. The first kappa shape index (κ1) is 11.6. The molecule has 0 saturated heterocycles. The summed E-state index contributed by atoms with van der Waals surface area (Å²) in [5, 5.41) is 0. The topological polar surface area (TPSA) is 17.1 Å². The molecule has 0 radical (unpaired) electrons. The molecule has 0 aliphatic carbocycles. The second kappa shape index (κ2) is 4.54. The molecular weight excluding hydrogens is 208 g/mol. The zero-order chi connectivity index (χ0) is 12.4. The Morgan fingerprint density at radius 1 is 0.941 bits per heavy atom. The van der Waals surface area contributed by atoms with Crippen LogP contribution in [0.2, 0.25) is 0 Å². The van der Waals surface area contributed by atoms with Gasteiger partial charge in [-0.05, 0) is 43.0 Å². The Labute approximate surface area is 102 Å². The van der Waals surface area contributed by atoms with E-state index >= 15 is 0 Å². The largest absolute Gasteiger partial charge is 0.298 e. The van der Waals surface area contributed by atoms with Crippen LogP contribution in [-0.4, -0.2) is 6.29 Å². The van der Waals surface area contributed by atoms with Crippen LogP contribution in [0.3, 0.4) is 0 Å². The second-order valence-electron chi connectivity index (χ2n) is 4.48. The molecule has 2 rings (SSSR count). The van der Waals surface area contributed by atoms with Crippen LogP contribution in [0, 0.1) is 20.8 Å². The van der Waals surface area contributed by atoms with E-state index in [2.05, 4.69) is 32.0 Å². The molecular formula is C16H16O. The predicted molar refractivity (Wildman–Crippen MR) is 71.5 cm³/mol. The summed E-state index contributed by atoms with van der Waals surface area (Å²) >= 11 is 0. The molecule has 1 heteroatoms. The third-order valence-corrected chi connectivity index (χ3v) is 3.08. The number of hydrogen-bond acceptors (Lipinski definition) is 1. The molecule has 1 nitrogen and oxygen atoms in total. The zero-order valence-corrected chi connectivity index (χ0v) is 10.4. The average molecular weight is 224 g/mol. The van der Waals surface area contributed by atoms with Crippen molar-refractivity contribution in [2.24, 2.45) is 0 Å². The lowest BCUT2D eigenvalue weighted by Crippen LogP contribution is -1.93. The van der Waals surface area contributed by atoms with Gasteiger partial charge in [0, 0.05) is 5.56 Å². The minimum Gasteiger partial charge on any atom is -0.298 e. The van der Waals surface area contributed by atoms with E-state index in [-0.39, 0.29) is 0 Å². The van der Waals surface area contributed by atoms with Gasteiger partial charge >= 0.3 is 0 Å². The fraction of sp³-hybridized carbons (Fsp3) is 0.188.